The Labute approximate surface area is 187 Å². The number of urea groups is 1. The van der Waals surface area contributed by atoms with Crippen LogP contribution in [-0.4, -0.2) is 22.0 Å². The predicted molar refractivity (Wildman–Crippen MR) is 125 cm³/mol. The molecule has 5 nitrogen and oxygen atoms in total. The maximum atomic E-state index is 13.4. The maximum absolute atomic E-state index is 13.4. The average Bonchev–Trinajstić information content (AvgIpc) is 2.79. The van der Waals surface area contributed by atoms with E-state index in [1.54, 1.807) is 17.0 Å². The lowest BCUT2D eigenvalue weighted by molar-refractivity contribution is 0.184. The molecule has 1 aliphatic carbocycles. The van der Waals surface area contributed by atoms with Crippen LogP contribution in [0.5, 0.6) is 0 Å². The Morgan fingerprint density at radius 3 is 2.50 bits per heavy atom. The molecule has 4 rings (SSSR count). The Bertz CT molecular complexity index is 1160. The molecule has 168 valence electrons. The zero-order valence-corrected chi connectivity index (χ0v) is 18.7. The molecule has 2 N–H and O–H groups in total. The summed E-state index contributed by atoms with van der Waals surface area (Å²) in [6.45, 7) is 4.48. The highest BCUT2D eigenvalue weighted by atomic mass is 19.1. The van der Waals surface area contributed by atoms with Gasteiger partial charge in [0.1, 0.15) is 5.82 Å². The van der Waals surface area contributed by atoms with E-state index in [4.69, 9.17) is 0 Å². The summed E-state index contributed by atoms with van der Waals surface area (Å²) in [5.74, 6) is -0.316. The summed E-state index contributed by atoms with van der Waals surface area (Å²) < 4.78 is 13.4. The third-order valence-corrected chi connectivity index (χ3v) is 6.50. The molecule has 0 saturated heterocycles. The van der Waals surface area contributed by atoms with Crippen LogP contribution in [0, 0.1) is 19.7 Å². The van der Waals surface area contributed by atoms with Crippen molar-refractivity contribution in [1.82, 2.24) is 15.2 Å². The normalized spacial score (nSPS) is 14.5. The largest absolute Gasteiger partial charge is 0.335 e. The fourth-order valence-electron chi connectivity index (χ4n) is 4.42. The van der Waals surface area contributed by atoms with Gasteiger partial charge in [0.15, 0.2) is 0 Å². The minimum Gasteiger partial charge on any atom is -0.335 e. The first-order valence-electron chi connectivity index (χ1n) is 11.3. The fraction of sp³-hybridized carbons (Fsp3) is 0.385. The summed E-state index contributed by atoms with van der Waals surface area (Å²) in [5.41, 5.74) is 4.14. The number of benzene rings is 2. The number of rotatable bonds is 5. The van der Waals surface area contributed by atoms with E-state index in [2.05, 4.69) is 10.3 Å². The minimum atomic E-state index is -0.316. The Balaban J connectivity index is 1.62. The van der Waals surface area contributed by atoms with Crippen LogP contribution in [0.2, 0.25) is 0 Å². The van der Waals surface area contributed by atoms with Crippen molar-refractivity contribution in [3.05, 3.63) is 80.9 Å². The molecule has 1 fully saturated rings. The standard InChI is InChI=1S/C26H30FN3O2/c1-17-8-11-20-14-21(25(31)29-24(20)18(17)2)16-30(15-19-9-12-22(27)13-10-19)26(32)28-23-6-4-3-5-7-23/h8-14,23H,3-7,15-16H2,1-2H3,(H,28,32)(H,29,31). The SMILES string of the molecule is Cc1ccc2cc(CN(Cc3ccc(F)cc3)C(=O)NC3CCCCC3)c(=O)[nH]c2c1C. The topological polar surface area (TPSA) is 65.2 Å². The molecule has 6 heteroatoms. The number of nitrogens with zero attached hydrogens (tertiary/aromatic N) is 1. The molecule has 0 unspecified atom stereocenters. The second-order valence-electron chi connectivity index (χ2n) is 8.86. The van der Waals surface area contributed by atoms with Crippen LogP contribution in [0.4, 0.5) is 9.18 Å². The number of hydrogen-bond donors (Lipinski definition) is 2. The van der Waals surface area contributed by atoms with Crippen LogP contribution in [0.25, 0.3) is 10.9 Å². The molecule has 2 aromatic carbocycles. The van der Waals surface area contributed by atoms with Crippen molar-refractivity contribution in [1.29, 1.82) is 0 Å². The van der Waals surface area contributed by atoms with Crippen molar-refractivity contribution < 1.29 is 9.18 Å². The molecule has 3 aromatic rings. The van der Waals surface area contributed by atoms with E-state index in [1.807, 2.05) is 32.0 Å². The van der Waals surface area contributed by atoms with Gasteiger partial charge in [-0.25, -0.2) is 9.18 Å². The smallest absolute Gasteiger partial charge is 0.318 e. The molecule has 1 heterocycles. The summed E-state index contributed by atoms with van der Waals surface area (Å²) in [7, 11) is 0. The minimum absolute atomic E-state index is 0.160. The number of aromatic nitrogens is 1. The van der Waals surface area contributed by atoms with Gasteiger partial charge >= 0.3 is 6.03 Å². The van der Waals surface area contributed by atoms with Crippen LogP contribution < -0.4 is 10.9 Å². The zero-order chi connectivity index (χ0) is 22.7. The van der Waals surface area contributed by atoms with Gasteiger partial charge in [0.05, 0.1) is 12.1 Å². The van der Waals surface area contributed by atoms with E-state index in [1.165, 1.54) is 18.6 Å². The molecule has 2 amide bonds. The van der Waals surface area contributed by atoms with Gasteiger partial charge in [-0.3, -0.25) is 4.79 Å². The Hall–Kier alpha value is -3.15. The quantitative estimate of drug-likeness (QED) is 0.569. The Morgan fingerprint density at radius 2 is 1.78 bits per heavy atom. The van der Waals surface area contributed by atoms with Crippen LogP contribution in [-0.2, 0) is 13.1 Å². The Morgan fingerprint density at radius 1 is 1.06 bits per heavy atom. The predicted octanol–water partition coefficient (Wildman–Crippen LogP) is 5.33. The number of halogens is 1. The second-order valence-corrected chi connectivity index (χ2v) is 8.86. The van der Waals surface area contributed by atoms with Gasteiger partial charge in [0, 0.05) is 18.2 Å². The number of amides is 2. The zero-order valence-electron chi connectivity index (χ0n) is 18.7. The highest BCUT2D eigenvalue weighted by molar-refractivity contribution is 5.83. The number of fused-ring (bicyclic) bond motifs is 1. The van der Waals surface area contributed by atoms with E-state index in [-0.39, 0.29) is 30.0 Å². The highest BCUT2D eigenvalue weighted by Gasteiger charge is 2.21. The average molecular weight is 436 g/mol. The first kappa shape index (κ1) is 22.1. The third-order valence-electron chi connectivity index (χ3n) is 6.50. The number of H-pyrrole nitrogens is 1. The molecule has 0 bridgehead atoms. The summed E-state index contributed by atoms with van der Waals surface area (Å²) in [4.78, 5) is 30.7. The van der Waals surface area contributed by atoms with E-state index in [0.717, 1.165) is 53.3 Å². The molecular formula is C26H30FN3O2. The number of aromatic amines is 1. The van der Waals surface area contributed by atoms with Gasteiger partial charge in [-0.2, -0.15) is 0 Å². The van der Waals surface area contributed by atoms with Gasteiger partial charge in [0.2, 0.25) is 0 Å². The molecule has 0 spiro atoms. The summed E-state index contributed by atoms with van der Waals surface area (Å²) in [6.07, 6.45) is 5.39. The van der Waals surface area contributed by atoms with Gasteiger partial charge in [-0.1, -0.05) is 43.5 Å². The molecular weight excluding hydrogens is 405 g/mol. The van der Waals surface area contributed by atoms with Crippen molar-refractivity contribution in [2.45, 2.75) is 65.1 Å². The van der Waals surface area contributed by atoms with Crippen LogP contribution in [0.3, 0.4) is 0 Å². The summed E-state index contributed by atoms with van der Waals surface area (Å²) in [6, 6.07) is 12.0. The van der Waals surface area contributed by atoms with E-state index in [0.29, 0.717) is 12.1 Å². The van der Waals surface area contributed by atoms with E-state index >= 15 is 0 Å². The van der Waals surface area contributed by atoms with Crippen molar-refractivity contribution >= 4 is 16.9 Å². The van der Waals surface area contributed by atoms with E-state index < -0.39 is 0 Å². The lowest BCUT2D eigenvalue weighted by Gasteiger charge is -2.28. The van der Waals surface area contributed by atoms with Crippen LogP contribution in [0.15, 0.2) is 47.3 Å². The molecule has 1 aromatic heterocycles. The summed E-state index contributed by atoms with van der Waals surface area (Å²) >= 11 is 0. The number of pyridine rings is 1. The van der Waals surface area contributed by atoms with Gasteiger partial charge in [-0.05, 0) is 67.0 Å². The van der Waals surface area contributed by atoms with E-state index in [9.17, 15) is 14.0 Å². The second kappa shape index (κ2) is 9.55. The first-order valence-corrected chi connectivity index (χ1v) is 11.3. The lowest BCUT2D eigenvalue weighted by Crippen LogP contribution is -2.45. The molecule has 0 aliphatic heterocycles. The van der Waals surface area contributed by atoms with Crippen molar-refractivity contribution in [2.75, 3.05) is 0 Å². The van der Waals surface area contributed by atoms with Crippen molar-refractivity contribution in [3.8, 4) is 0 Å². The van der Waals surface area contributed by atoms with Crippen LogP contribution in [0.1, 0.15) is 54.4 Å². The number of hydrogen-bond acceptors (Lipinski definition) is 2. The summed E-state index contributed by atoms with van der Waals surface area (Å²) in [5, 5.41) is 4.09. The molecule has 1 aliphatic rings. The first-order chi connectivity index (χ1) is 15.4. The molecule has 0 radical (unpaired) electrons. The maximum Gasteiger partial charge on any atom is 0.318 e. The number of carbonyl (C=O) groups excluding carboxylic acids is 1. The lowest BCUT2D eigenvalue weighted by atomic mass is 9.96. The van der Waals surface area contributed by atoms with Crippen LogP contribution >= 0.6 is 0 Å². The fourth-order valence-corrected chi connectivity index (χ4v) is 4.42. The molecule has 32 heavy (non-hydrogen) atoms. The Kier molecular flexibility index (Phi) is 6.58. The van der Waals surface area contributed by atoms with Crippen molar-refractivity contribution in [3.63, 3.8) is 0 Å². The number of nitrogens with one attached hydrogen (secondary N) is 2. The van der Waals surface area contributed by atoms with Gasteiger partial charge in [0.25, 0.3) is 5.56 Å². The van der Waals surface area contributed by atoms with Crippen molar-refractivity contribution in [2.24, 2.45) is 0 Å². The van der Waals surface area contributed by atoms with Gasteiger partial charge < -0.3 is 15.2 Å². The highest BCUT2D eigenvalue weighted by Crippen LogP contribution is 2.21. The number of aryl methyl sites for hydroxylation is 2. The number of carbonyl (C=O) groups is 1. The molecule has 1 saturated carbocycles. The monoisotopic (exact) mass is 435 g/mol. The third kappa shape index (κ3) is 5.01. The van der Waals surface area contributed by atoms with Gasteiger partial charge in [-0.15, -0.1) is 0 Å². The molecule has 0 atom stereocenters.